The highest BCUT2D eigenvalue weighted by Crippen LogP contribution is 2.30. The molecule has 2 aromatic carbocycles. The summed E-state index contributed by atoms with van der Waals surface area (Å²) in [6.07, 6.45) is 8.48. The first kappa shape index (κ1) is 20.7. The molecule has 2 aromatic rings. The van der Waals surface area contributed by atoms with Gasteiger partial charge in [-0.05, 0) is 41.5 Å². The van der Waals surface area contributed by atoms with Crippen LogP contribution in [0.2, 0.25) is 0 Å². The lowest BCUT2D eigenvalue weighted by atomic mass is 9.99. The van der Waals surface area contributed by atoms with Gasteiger partial charge in [-0.1, -0.05) is 120 Å². The van der Waals surface area contributed by atoms with Crippen molar-refractivity contribution in [3.63, 3.8) is 0 Å². The number of hydrogen-bond acceptors (Lipinski definition) is 0. The largest absolute Gasteiger partial charge is 0.0839 e. The quantitative estimate of drug-likeness (QED) is 0.308. The smallest absolute Gasteiger partial charge is 0.0395 e. The molecule has 0 N–H and O–H groups in total. The molecule has 0 heterocycles. The van der Waals surface area contributed by atoms with Crippen LogP contribution in [0.15, 0.2) is 48.5 Å². The van der Waals surface area contributed by atoms with Crippen LogP contribution in [0.25, 0.3) is 0 Å². The lowest BCUT2D eigenvalue weighted by Crippen LogP contribution is -1.94. The van der Waals surface area contributed by atoms with E-state index in [1.807, 2.05) is 0 Å². The predicted molar refractivity (Wildman–Crippen MR) is 118 cm³/mol. The van der Waals surface area contributed by atoms with Crippen LogP contribution in [0.1, 0.15) is 84.3 Å². The van der Waals surface area contributed by atoms with Crippen LogP contribution in [-0.4, -0.2) is 0 Å². The first-order valence-corrected chi connectivity index (χ1v) is 11.4. The SMILES string of the molecule is CCCCC(Br)c1ccc(Cc2ccc(C(Br)CCCC)cc2)cc1. The molecule has 0 saturated carbocycles. The number of benzene rings is 2. The lowest BCUT2D eigenvalue weighted by Gasteiger charge is -2.12. The van der Waals surface area contributed by atoms with Gasteiger partial charge >= 0.3 is 0 Å². The number of hydrogen-bond donors (Lipinski definition) is 0. The van der Waals surface area contributed by atoms with E-state index >= 15 is 0 Å². The van der Waals surface area contributed by atoms with Gasteiger partial charge in [-0.15, -0.1) is 0 Å². The van der Waals surface area contributed by atoms with E-state index in [9.17, 15) is 0 Å². The van der Waals surface area contributed by atoms with Crippen molar-refractivity contribution in [2.75, 3.05) is 0 Å². The molecule has 0 saturated heterocycles. The normalized spacial score (nSPS) is 13.6. The minimum absolute atomic E-state index is 0.486. The van der Waals surface area contributed by atoms with Crippen LogP contribution in [-0.2, 0) is 6.42 Å². The van der Waals surface area contributed by atoms with Crippen molar-refractivity contribution >= 4 is 31.9 Å². The zero-order chi connectivity index (χ0) is 18.1. The standard InChI is InChI=1S/C23H30Br2/c1-3-5-7-22(24)20-13-9-18(10-14-20)17-19-11-15-21(16-12-19)23(25)8-6-4-2/h9-16,22-23H,3-8,17H2,1-2H3. The molecule has 0 aliphatic heterocycles. The van der Waals surface area contributed by atoms with E-state index in [1.165, 1.54) is 60.8 Å². The van der Waals surface area contributed by atoms with Crippen molar-refractivity contribution < 1.29 is 0 Å². The van der Waals surface area contributed by atoms with Gasteiger partial charge in [-0.2, -0.15) is 0 Å². The van der Waals surface area contributed by atoms with Crippen LogP contribution in [0.3, 0.4) is 0 Å². The summed E-state index contributed by atoms with van der Waals surface area (Å²) < 4.78 is 0. The Morgan fingerprint density at radius 2 is 1.00 bits per heavy atom. The second-order valence-electron chi connectivity index (χ2n) is 6.88. The minimum Gasteiger partial charge on any atom is -0.0839 e. The van der Waals surface area contributed by atoms with Crippen molar-refractivity contribution in [2.24, 2.45) is 0 Å². The third-order valence-corrected chi connectivity index (χ3v) is 6.69. The van der Waals surface area contributed by atoms with Gasteiger partial charge in [-0.3, -0.25) is 0 Å². The van der Waals surface area contributed by atoms with Gasteiger partial charge in [0.05, 0.1) is 0 Å². The molecule has 0 aliphatic carbocycles. The Balaban J connectivity index is 1.93. The summed E-state index contributed by atoms with van der Waals surface area (Å²) in [5.41, 5.74) is 5.55. The molecule has 0 aliphatic rings. The van der Waals surface area contributed by atoms with Crippen molar-refractivity contribution in [3.05, 3.63) is 70.8 Å². The molecule has 0 aromatic heterocycles. The van der Waals surface area contributed by atoms with E-state index in [4.69, 9.17) is 0 Å². The van der Waals surface area contributed by atoms with E-state index in [1.54, 1.807) is 0 Å². The maximum absolute atomic E-state index is 3.81. The van der Waals surface area contributed by atoms with Crippen molar-refractivity contribution in [3.8, 4) is 0 Å². The molecule has 0 fully saturated rings. The highest BCUT2D eigenvalue weighted by atomic mass is 79.9. The summed E-state index contributed by atoms with van der Waals surface area (Å²) >= 11 is 7.63. The van der Waals surface area contributed by atoms with Gasteiger partial charge in [0, 0.05) is 9.65 Å². The molecule has 0 amide bonds. The van der Waals surface area contributed by atoms with E-state index in [-0.39, 0.29) is 0 Å². The monoisotopic (exact) mass is 464 g/mol. The minimum atomic E-state index is 0.486. The summed E-state index contributed by atoms with van der Waals surface area (Å²) in [6.45, 7) is 4.49. The predicted octanol–water partition coefficient (Wildman–Crippen LogP) is 8.53. The molecule has 0 nitrogen and oxygen atoms in total. The van der Waals surface area contributed by atoms with E-state index in [0.717, 1.165) is 6.42 Å². The van der Waals surface area contributed by atoms with Gasteiger partial charge < -0.3 is 0 Å². The molecular formula is C23H30Br2. The van der Waals surface area contributed by atoms with Crippen LogP contribution >= 0.6 is 31.9 Å². The highest BCUT2D eigenvalue weighted by molar-refractivity contribution is 9.09. The maximum Gasteiger partial charge on any atom is 0.0395 e. The van der Waals surface area contributed by atoms with Gasteiger partial charge in [0.15, 0.2) is 0 Å². The molecule has 0 bridgehead atoms. The Kier molecular flexibility index (Phi) is 9.26. The molecule has 0 spiro atoms. The number of unbranched alkanes of at least 4 members (excludes halogenated alkanes) is 2. The van der Waals surface area contributed by atoms with Gasteiger partial charge in [0.25, 0.3) is 0 Å². The Hall–Kier alpha value is -0.600. The molecule has 25 heavy (non-hydrogen) atoms. The average Bonchev–Trinajstić information content (AvgIpc) is 2.65. The lowest BCUT2D eigenvalue weighted by molar-refractivity contribution is 0.713. The summed E-state index contributed by atoms with van der Waals surface area (Å²) in [7, 11) is 0. The van der Waals surface area contributed by atoms with Crippen molar-refractivity contribution in [2.45, 2.75) is 68.4 Å². The summed E-state index contributed by atoms with van der Waals surface area (Å²) in [5, 5.41) is 0. The molecule has 136 valence electrons. The zero-order valence-corrected chi connectivity index (χ0v) is 18.7. The molecule has 2 atom stereocenters. The Labute approximate surface area is 170 Å². The maximum atomic E-state index is 3.81. The van der Waals surface area contributed by atoms with Crippen molar-refractivity contribution in [1.29, 1.82) is 0 Å². The van der Waals surface area contributed by atoms with Crippen LogP contribution < -0.4 is 0 Å². The zero-order valence-electron chi connectivity index (χ0n) is 15.5. The van der Waals surface area contributed by atoms with E-state index < -0.39 is 0 Å². The van der Waals surface area contributed by atoms with Crippen molar-refractivity contribution in [1.82, 2.24) is 0 Å². The third-order valence-electron chi connectivity index (χ3n) is 4.71. The summed E-state index contributed by atoms with van der Waals surface area (Å²) in [4.78, 5) is 0.972. The Bertz CT molecular complexity index is 545. The fraction of sp³-hybridized carbons (Fsp3) is 0.478. The van der Waals surface area contributed by atoms with Crippen LogP contribution in [0, 0.1) is 0 Å². The molecule has 2 rings (SSSR count). The molecular weight excluding hydrogens is 436 g/mol. The summed E-state index contributed by atoms with van der Waals surface area (Å²) in [5.74, 6) is 0. The number of rotatable bonds is 10. The first-order valence-electron chi connectivity index (χ1n) is 9.59. The second-order valence-corrected chi connectivity index (χ2v) is 9.09. The topological polar surface area (TPSA) is 0 Å². The molecule has 2 heteroatoms. The highest BCUT2D eigenvalue weighted by Gasteiger charge is 2.08. The fourth-order valence-electron chi connectivity index (χ4n) is 3.02. The molecule has 2 unspecified atom stereocenters. The first-order chi connectivity index (χ1) is 12.1. The summed E-state index contributed by atoms with van der Waals surface area (Å²) in [6, 6.07) is 18.2. The Morgan fingerprint density at radius 1 is 0.640 bits per heavy atom. The second kappa shape index (κ2) is 11.2. The van der Waals surface area contributed by atoms with E-state index in [0.29, 0.717) is 9.65 Å². The number of alkyl halides is 2. The molecule has 0 radical (unpaired) electrons. The third kappa shape index (κ3) is 6.90. The van der Waals surface area contributed by atoms with Gasteiger partial charge in [0.2, 0.25) is 0 Å². The van der Waals surface area contributed by atoms with Gasteiger partial charge in [-0.25, -0.2) is 0 Å². The average molecular weight is 466 g/mol. The van der Waals surface area contributed by atoms with Gasteiger partial charge in [0.1, 0.15) is 0 Å². The Morgan fingerprint density at radius 3 is 1.32 bits per heavy atom. The fourth-order valence-corrected chi connectivity index (χ4v) is 4.28. The number of halogens is 2. The van der Waals surface area contributed by atoms with Crippen LogP contribution in [0.5, 0.6) is 0 Å². The van der Waals surface area contributed by atoms with E-state index in [2.05, 4.69) is 94.2 Å². The van der Waals surface area contributed by atoms with Crippen LogP contribution in [0.4, 0.5) is 0 Å².